The van der Waals surface area contributed by atoms with Crippen LogP contribution in [0.4, 0.5) is 5.82 Å². The first-order valence-electron chi connectivity index (χ1n) is 8.49. The highest BCUT2D eigenvalue weighted by Gasteiger charge is 2.34. The largest absolute Gasteiger partial charge is 0.381 e. The number of hydrogen-bond donors (Lipinski definition) is 2. The Morgan fingerprint density at radius 2 is 2.00 bits per heavy atom. The number of nitrogens with zero attached hydrogens (tertiary/aromatic N) is 1. The molecule has 1 aromatic heterocycles. The zero-order valence-electron chi connectivity index (χ0n) is 14.5. The van der Waals surface area contributed by atoms with E-state index in [2.05, 4.69) is 43.7 Å². The SMILES string of the molecule is Cc1cc(Br)cnc1NC(=S)NCC1(c2ccc(Cl)cc2)CCOCC1. The Hall–Kier alpha value is -1.21. The maximum absolute atomic E-state index is 6.06. The van der Waals surface area contributed by atoms with Crippen LogP contribution in [0.1, 0.15) is 24.0 Å². The van der Waals surface area contributed by atoms with E-state index in [-0.39, 0.29) is 5.41 Å². The fraction of sp³-hybridized carbons (Fsp3) is 0.368. The van der Waals surface area contributed by atoms with Gasteiger partial charge in [-0.15, -0.1) is 0 Å². The third-order valence-electron chi connectivity index (χ3n) is 4.77. The lowest BCUT2D eigenvalue weighted by atomic mass is 9.74. The lowest BCUT2D eigenvalue weighted by molar-refractivity contribution is 0.0515. The summed E-state index contributed by atoms with van der Waals surface area (Å²) in [6, 6.07) is 10.1. The number of nitrogens with one attached hydrogen (secondary N) is 2. The van der Waals surface area contributed by atoms with Crippen molar-refractivity contribution in [2.75, 3.05) is 25.1 Å². The highest BCUT2D eigenvalue weighted by molar-refractivity contribution is 9.10. The molecule has 2 heterocycles. The normalized spacial score (nSPS) is 16.1. The van der Waals surface area contributed by atoms with E-state index in [1.54, 1.807) is 6.20 Å². The number of rotatable bonds is 4. The predicted octanol–water partition coefficient (Wildman–Crippen LogP) is 4.84. The van der Waals surface area contributed by atoms with Gasteiger partial charge in [0, 0.05) is 40.9 Å². The average molecular weight is 455 g/mol. The Morgan fingerprint density at radius 3 is 2.65 bits per heavy atom. The summed E-state index contributed by atoms with van der Waals surface area (Å²) >= 11 is 15.0. The summed E-state index contributed by atoms with van der Waals surface area (Å²) < 4.78 is 6.53. The molecule has 2 N–H and O–H groups in total. The van der Waals surface area contributed by atoms with Gasteiger partial charge in [0.05, 0.1) is 0 Å². The van der Waals surface area contributed by atoms with Crippen molar-refractivity contribution in [1.82, 2.24) is 10.3 Å². The van der Waals surface area contributed by atoms with Gasteiger partial charge in [0.25, 0.3) is 0 Å². The van der Waals surface area contributed by atoms with Crippen molar-refractivity contribution in [3.8, 4) is 0 Å². The number of benzene rings is 1. The molecule has 0 amide bonds. The van der Waals surface area contributed by atoms with E-state index in [4.69, 9.17) is 28.6 Å². The first kappa shape index (κ1) is 19.5. The van der Waals surface area contributed by atoms with Crippen LogP contribution < -0.4 is 10.6 Å². The van der Waals surface area contributed by atoms with Gasteiger partial charge >= 0.3 is 0 Å². The van der Waals surface area contributed by atoms with Crippen molar-refractivity contribution >= 4 is 50.7 Å². The molecular formula is C19H21BrClN3OS. The van der Waals surface area contributed by atoms with Crippen molar-refractivity contribution in [3.63, 3.8) is 0 Å². The summed E-state index contributed by atoms with van der Waals surface area (Å²) in [6.45, 7) is 4.23. The number of thiocarbonyl (C=S) groups is 1. The Bertz CT molecular complexity index is 779. The van der Waals surface area contributed by atoms with Crippen LogP contribution in [0.5, 0.6) is 0 Å². The van der Waals surface area contributed by atoms with Crippen LogP contribution in [0.15, 0.2) is 41.0 Å². The second kappa shape index (κ2) is 8.65. The molecule has 0 atom stereocenters. The molecule has 1 aliphatic rings. The molecule has 138 valence electrons. The summed E-state index contributed by atoms with van der Waals surface area (Å²) in [7, 11) is 0. The van der Waals surface area contributed by atoms with Crippen LogP contribution in [-0.2, 0) is 10.2 Å². The third kappa shape index (κ3) is 4.74. The average Bonchev–Trinajstić information content (AvgIpc) is 2.64. The molecular weight excluding hydrogens is 434 g/mol. The molecule has 0 bridgehead atoms. The fourth-order valence-electron chi connectivity index (χ4n) is 3.21. The quantitative estimate of drug-likeness (QED) is 0.647. The smallest absolute Gasteiger partial charge is 0.171 e. The maximum atomic E-state index is 6.06. The summed E-state index contributed by atoms with van der Waals surface area (Å²) in [5.41, 5.74) is 2.27. The molecule has 3 rings (SSSR count). The molecule has 1 aromatic carbocycles. The van der Waals surface area contributed by atoms with E-state index in [1.165, 1.54) is 5.56 Å². The third-order valence-corrected chi connectivity index (χ3v) is 5.70. The van der Waals surface area contributed by atoms with Crippen molar-refractivity contribution in [3.05, 3.63) is 57.2 Å². The second-order valence-electron chi connectivity index (χ2n) is 6.53. The lowest BCUT2D eigenvalue weighted by Gasteiger charge is -2.38. The van der Waals surface area contributed by atoms with E-state index in [0.29, 0.717) is 5.11 Å². The number of ether oxygens (including phenoxy) is 1. The topological polar surface area (TPSA) is 46.2 Å². The minimum atomic E-state index is -0.0171. The van der Waals surface area contributed by atoms with Gasteiger partial charge in [-0.1, -0.05) is 23.7 Å². The Morgan fingerprint density at radius 1 is 1.31 bits per heavy atom. The molecule has 0 radical (unpaired) electrons. The predicted molar refractivity (Wildman–Crippen MR) is 114 cm³/mol. The summed E-state index contributed by atoms with van der Waals surface area (Å²) in [5, 5.41) is 7.89. The molecule has 0 spiro atoms. The van der Waals surface area contributed by atoms with Crippen LogP contribution in [0.2, 0.25) is 5.02 Å². The number of pyridine rings is 1. The summed E-state index contributed by atoms with van der Waals surface area (Å²) in [4.78, 5) is 4.38. The Kier molecular flexibility index (Phi) is 6.51. The van der Waals surface area contributed by atoms with E-state index in [0.717, 1.165) is 53.5 Å². The molecule has 26 heavy (non-hydrogen) atoms. The van der Waals surface area contributed by atoms with Crippen molar-refractivity contribution in [2.45, 2.75) is 25.2 Å². The molecule has 7 heteroatoms. The Labute approximate surface area is 172 Å². The standard InChI is InChI=1S/C19H21BrClN3OS/c1-13-10-15(20)11-22-17(13)24-18(26)23-12-19(6-8-25-9-7-19)14-2-4-16(21)5-3-14/h2-5,10-11H,6-9,12H2,1H3,(H2,22,23,24,26). The highest BCUT2D eigenvalue weighted by Crippen LogP contribution is 2.35. The van der Waals surface area contributed by atoms with Gasteiger partial charge in [0.15, 0.2) is 5.11 Å². The van der Waals surface area contributed by atoms with Crippen LogP contribution in [0.3, 0.4) is 0 Å². The molecule has 4 nitrogen and oxygen atoms in total. The lowest BCUT2D eigenvalue weighted by Crippen LogP contribution is -2.45. The van der Waals surface area contributed by atoms with Gasteiger partial charge in [-0.25, -0.2) is 4.98 Å². The molecule has 1 aliphatic heterocycles. The van der Waals surface area contributed by atoms with E-state index in [9.17, 15) is 0 Å². The van der Waals surface area contributed by atoms with Gasteiger partial charge in [0.1, 0.15) is 5.82 Å². The summed E-state index contributed by atoms with van der Waals surface area (Å²) in [5.74, 6) is 0.762. The highest BCUT2D eigenvalue weighted by atomic mass is 79.9. The second-order valence-corrected chi connectivity index (χ2v) is 8.29. The van der Waals surface area contributed by atoms with Crippen LogP contribution in [-0.4, -0.2) is 29.9 Å². The van der Waals surface area contributed by atoms with Crippen LogP contribution in [0, 0.1) is 6.92 Å². The van der Waals surface area contributed by atoms with Gasteiger partial charge in [0.2, 0.25) is 0 Å². The van der Waals surface area contributed by atoms with E-state index in [1.807, 2.05) is 25.1 Å². The van der Waals surface area contributed by atoms with Crippen LogP contribution in [0.25, 0.3) is 0 Å². The molecule has 1 saturated heterocycles. The van der Waals surface area contributed by atoms with Crippen molar-refractivity contribution in [2.24, 2.45) is 0 Å². The molecule has 0 saturated carbocycles. The first-order chi connectivity index (χ1) is 12.5. The van der Waals surface area contributed by atoms with Gasteiger partial charge in [-0.05, 0) is 77.2 Å². The number of hydrogen-bond acceptors (Lipinski definition) is 3. The van der Waals surface area contributed by atoms with Gasteiger partial charge in [-0.3, -0.25) is 0 Å². The Balaban J connectivity index is 1.69. The zero-order chi connectivity index (χ0) is 18.6. The maximum Gasteiger partial charge on any atom is 0.171 e. The van der Waals surface area contributed by atoms with Gasteiger partial charge in [-0.2, -0.15) is 0 Å². The van der Waals surface area contributed by atoms with Gasteiger partial charge < -0.3 is 15.4 Å². The van der Waals surface area contributed by atoms with E-state index < -0.39 is 0 Å². The zero-order valence-corrected chi connectivity index (χ0v) is 17.7. The van der Waals surface area contributed by atoms with Crippen LogP contribution >= 0.6 is 39.7 Å². The fourth-order valence-corrected chi connectivity index (χ4v) is 3.95. The number of anilines is 1. The minimum Gasteiger partial charge on any atom is -0.381 e. The number of halogens is 2. The first-order valence-corrected chi connectivity index (χ1v) is 10.1. The summed E-state index contributed by atoms with van der Waals surface area (Å²) in [6.07, 6.45) is 3.64. The molecule has 2 aromatic rings. The molecule has 0 unspecified atom stereocenters. The van der Waals surface area contributed by atoms with Crippen molar-refractivity contribution < 1.29 is 4.74 Å². The molecule has 1 fully saturated rings. The number of aromatic nitrogens is 1. The molecule has 0 aliphatic carbocycles. The van der Waals surface area contributed by atoms with Crippen molar-refractivity contribution in [1.29, 1.82) is 0 Å². The number of aryl methyl sites for hydroxylation is 1. The monoisotopic (exact) mass is 453 g/mol. The van der Waals surface area contributed by atoms with E-state index >= 15 is 0 Å². The minimum absolute atomic E-state index is 0.0171.